The number of nitrogens with zero attached hydrogens (tertiary/aromatic N) is 3. The second-order valence-corrected chi connectivity index (χ2v) is 10.8. The molecule has 23 heavy (non-hydrogen) atoms. The van der Waals surface area contributed by atoms with Gasteiger partial charge in [-0.25, -0.2) is 8.42 Å². The molecule has 134 valence electrons. The van der Waals surface area contributed by atoms with Crippen LogP contribution < -0.4 is 0 Å². The Labute approximate surface area is 140 Å². The molecule has 0 bridgehead atoms. The van der Waals surface area contributed by atoms with Gasteiger partial charge in [-0.15, -0.1) is 0 Å². The molecule has 0 unspecified atom stereocenters. The fourth-order valence-electron chi connectivity index (χ4n) is 3.68. The molecule has 2 aliphatic rings. The fraction of sp³-hybridized carbons (Fsp3) is 0.938. The Bertz CT molecular complexity index is 566. The van der Waals surface area contributed by atoms with Crippen molar-refractivity contribution in [3.05, 3.63) is 0 Å². The van der Waals surface area contributed by atoms with Crippen molar-refractivity contribution in [1.82, 2.24) is 14.1 Å². The van der Waals surface area contributed by atoms with Crippen LogP contribution in [-0.2, 0) is 14.8 Å². The first kappa shape index (κ1) is 18.7. The molecule has 1 amide bonds. The van der Waals surface area contributed by atoms with E-state index < -0.39 is 10.0 Å². The Balaban J connectivity index is 2.13. The number of amides is 1. The number of rotatable bonds is 2. The molecule has 0 spiro atoms. The molecule has 6 nitrogen and oxygen atoms in total. The fourth-order valence-corrected chi connectivity index (χ4v) is 4.67. The Morgan fingerprint density at radius 2 is 1.78 bits per heavy atom. The van der Waals surface area contributed by atoms with Gasteiger partial charge in [0.05, 0.1) is 6.26 Å². The Morgan fingerprint density at radius 1 is 1.17 bits per heavy atom. The van der Waals surface area contributed by atoms with Gasteiger partial charge in [0.25, 0.3) is 0 Å². The summed E-state index contributed by atoms with van der Waals surface area (Å²) in [7, 11) is -3.21. The van der Waals surface area contributed by atoms with Crippen molar-refractivity contribution in [2.75, 3.05) is 39.0 Å². The van der Waals surface area contributed by atoms with Crippen LogP contribution >= 0.6 is 0 Å². The van der Waals surface area contributed by atoms with E-state index in [9.17, 15) is 13.2 Å². The highest BCUT2D eigenvalue weighted by Gasteiger charge is 2.45. The van der Waals surface area contributed by atoms with Crippen LogP contribution in [0.2, 0.25) is 0 Å². The summed E-state index contributed by atoms with van der Waals surface area (Å²) in [5.74, 6) is 0.173. The lowest BCUT2D eigenvalue weighted by Crippen LogP contribution is -2.70. The molecule has 2 saturated heterocycles. The van der Waals surface area contributed by atoms with Crippen LogP contribution in [-0.4, -0.2) is 79.0 Å². The largest absolute Gasteiger partial charge is 0.340 e. The summed E-state index contributed by atoms with van der Waals surface area (Å²) in [5.41, 5.74) is -0.232. The van der Waals surface area contributed by atoms with Gasteiger partial charge in [0.2, 0.25) is 15.9 Å². The second-order valence-electron chi connectivity index (χ2n) is 8.79. The minimum absolute atomic E-state index is 0.0289. The molecule has 2 rings (SSSR count). The second kappa shape index (κ2) is 6.01. The maximum absolute atomic E-state index is 12.5. The molecule has 0 aromatic heterocycles. The van der Waals surface area contributed by atoms with Crippen LogP contribution in [0.1, 0.15) is 41.0 Å². The Kier molecular flexibility index (Phi) is 4.88. The van der Waals surface area contributed by atoms with Crippen LogP contribution in [0.4, 0.5) is 0 Å². The minimum Gasteiger partial charge on any atom is -0.340 e. The normalized spacial score (nSPS) is 26.9. The van der Waals surface area contributed by atoms with Crippen LogP contribution in [0.3, 0.4) is 0 Å². The zero-order chi connectivity index (χ0) is 17.6. The molecule has 0 N–H and O–H groups in total. The molecule has 0 aromatic rings. The predicted molar refractivity (Wildman–Crippen MR) is 91.6 cm³/mol. The van der Waals surface area contributed by atoms with Crippen molar-refractivity contribution in [1.29, 1.82) is 0 Å². The average molecular weight is 346 g/mol. The Hall–Kier alpha value is -0.660. The van der Waals surface area contributed by atoms with Crippen molar-refractivity contribution in [3.63, 3.8) is 0 Å². The van der Waals surface area contributed by atoms with E-state index in [4.69, 9.17) is 0 Å². The topological polar surface area (TPSA) is 60.9 Å². The molecule has 2 fully saturated rings. The third-order valence-electron chi connectivity index (χ3n) is 4.74. The molecular weight excluding hydrogens is 314 g/mol. The van der Waals surface area contributed by atoms with Gasteiger partial charge in [-0.3, -0.25) is 9.69 Å². The average Bonchev–Trinajstić information content (AvgIpc) is 2.34. The van der Waals surface area contributed by atoms with Crippen molar-refractivity contribution in [2.24, 2.45) is 5.41 Å². The van der Waals surface area contributed by atoms with Crippen LogP contribution in [0, 0.1) is 5.41 Å². The lowest BCUT2D eigenvalue weighted by Gasteiger charge is -2.55. The molecular formula is C16H31N3O3S. The summed E-state index contributed by atoms with van der Waals surface area (Å²) in [6.07, 6.45) is 1.79. The smallest absolute Gasteiger partial charge is 0.223 e. The summed E-state index contributed by atoms with van der Waals surface area (Å²) < 4.78 is 25.5. The predicted octanol–water partition coefficient (Wildman–Crippen LogP) is 0.989. The third kappa shape index (κ3) is 4.45. The Morgan fingerprint density at radius 3 is 2.30 bits per heavy atom. The number of piperazine rings is 2. The van der Waals surface area contributed by atoms with Gasteiger partial charge >= 0.3 is 0 Å². The number of carbonyl (C=O) groups excluding carboxylic acids is 1. The molecule has 0 saturated carbocycles. The maximum Gasteiger partial charge on any atom is 0.223 e. The van der Waals surface area contributed by atoms with Crippen LogP contribution in [0.15, 0.2) is 0 Å². The van der Waals surface area contributed by atoms with Crippen LogP contribution in [0.25, 0.3) is 0 Å². The molecule has 2 aliphatic heterocycles. The molecule has 0 aromatic carbocycles. The van der Waals surface area contributed by atoms with Gasteiger partial charge in [0.15, 0.2) is 0 Å². The summed E-state index contributed by atoms with van der Waals surface area (Å²) in [6.45, 7) is 13.5. The van der Waals surface area contributed by atoms with E-state index in [1.54, 1.807) is 4.31 Å². The van der Waals surface area contributed by atoms with Crippen molar-refractivity contribution in [3.8, 4) is 0 Å². The minimum atomic E-state index is -3.21. The van der Waals surface area contributed by atoms with Gasteiger partial charge in [-0.1, -0.05) is 20.8 Å². The highest BCUT2D eigenvalue weighted by Crippen LogP contribution is 2.30. The summed E-state index contributed by atoms with van der Waals surface area (Å²) >= 11 is 0. The molecule has 0 aliphatic carbocycles. The molecule has 7 heteroatoms. The van der Waals surface area contributed by atoms with E-state index in [1.165, 1.54) is 6.26 Å². The number of sulfonamides is 1. The van der Waals surface area contributed by atoms with E-state index in [0.717, 1.165) is 13.1 Å². The summed E-state index contributed by atoms with van der Waals surface area (Å²) in [5, 5.41) is 0. The summed E-state index contributed by atoms with van der Waals surface area (Å²) in [4.78, 5) is 16.8. The third-order valence-corrected chi connectivity index (χ3v) is 5.96. The zero-order valence-electron chi connectivity index (χ0n) is 15.3. The van der Waals surface area contributed by atoms with Crippen LogP contribution in [0.5, 0.6) is 0 Å². The molecule has 2 heterocycles. The summed E-state index contributed by atoms with van der Waals surface area (Å²) in [6, 6.07) is 0.0751. The van der Waals surface area contributed by atoms with E-state index in [0.29, 0.717) is 26.1 Å². The van der Waals surface area contributed by atoms with Gasteiger partial charge in [0.1, 0.15) is 0 Å². The number of carbonyl (C=O) groups is 1. The zero-order valence-corrected chi connectivity index (χ0v) is 16.1. The monoisotopic (exact) mass is 345 g/mol. The van der Waals surface area contributed by atoms with E-state index in [1.807, 2.05) is 4.90 Å². The van der Waals surface area contributed by atoms with Gasteiger partial charge in [0, 0.05) is 50.7 Å². The van der Waals surface area contributed by atoms with Gasteiger partial charge in [-0.05, 0) is 19.3 Å². The number of fused-ring (bicyclic) bond motifs is 1. The first-order chi connectivity index (χ1) is 10.3. The highest BCUT2D eigenvalue weighted by atomic mass is 32.2. The first-order valence-corrected chi connectivity index (χ1v) is 10.1. The SMILES string of the molecule is CC(C)(C)CC(=O)N1CCN2[C@@H](C1)CN(S(C)(=O)=O)CC2(C)C. The lowest BCUT2D eigenvalue weighted by atomic mass is 9.90. The van der Waals surface area contributed by atoms with E-state index >= 15 is 0 Å². The van der Waals surface area contributed by atoms with Crippen molar-refractivity contribution < 1.29 is 13.2 Å². The number of hydrogen-bond acceptors (Lipinski definition) is 4. The number of hydrogen-bond donors (Lipinski definition) is 0. The molecule has 1 atom stereocenters. The van der Waals surface area contributed by atoms with E-state index in [-0.39, 0.29) is 22.9 Å². The lowest BCUT2D eigenvalue weighted by molar-refractivity contribution is -0.139. The van der Waals surface area contributed by atoms with Gasteiger partial charge in [-0.2, -0.15) is 4.31 Å². The van der Waals surface area contributed by atoms with E-state index in [2.05, 4.69) is 39.5 Å². The van der Waals surface area contributed by atoms with Crippen molar-refractivity contribution in [2.45, 2.75) is 52.6 Å². The molecule has 0 radical (unpaired) electrons. The highest BCUT2D eigenvalue weighted by molar-refractivity contribution is 7.88. The first-order valence-electron chi connectivity index (χ1n) is 8.29. The standard InChI is InChI=1S/C16H31N3O3S/c1-15(2,3)9-14(20)17-7-8-19-13(10-17)11-18(23(6,21)22)12-16(19,4)5/h13H,7-12H2,1-6H3/t13-/m0/s1. The van der Waals surface area contributed by atoms with Crippen molar-refractivity contribution >= 4 is 15.9 Å². The quantitative estimate of drug-likeness (QED) is 0.749. The maximum atomic E-state index is 12.5. The van der Waals surface area contributed by atoms with Gasteiger partial charge < -0.3 is 4.90 Å².